The highest BCUT2D eigenvalue weighted by atomic mass is 32.2. The SMILES string of the molecule is CC[C@@]1(O)C(=O)OCc2c1cc1n(c2=O)Cc2c-1nc1cc(F)c(NC(=O)[C@H](C)NC(=O)C(C)(NC(=O)COCCOCCOCCOc3c(F)cc(N4C(=O)C(Sc5ccc(C(=O)N6CCOCC6)cc5)=C(Sc5ccc(C(=O)N6CCOCC6)cc5)C4=O)cc3F)C(C)C)c3c1c2C(F)(F)CO3. The number of imide groups is 1. The molecule has 0 radical (unpaired) electrons. The van der Waals surface area contributed by atoms with Crippen molar-refractivity contribution >= 4 is 93.1 Å². The summed E-state index contributed by atoms with van der Waals surface area (Å²) in [5.41, 5.74) is -6.11. The Hall–Kier alpha value is -9.35. The van der Waals surface area contributed by atoms with Gasteiger partial charge in [-0.1, -0.05) is 44.3 Å². The minimum atomic E-state index is -3.73. The van der Waals surface area contributed by atoms with E-state index < -0.39 is 142 Å². The molecule has 7 amide bonds. The van der Waals surface area contributed by atoms with E-state index in [0.29, 0.717) is 78.4 Å². The van der Waals surface area contributed by atoms with E-state index in [1.807, 2.05) is 0 Å². The number of aromatic nitrogens is 2. The average Bonchev–Trinajstić information content (AvgIpc) is 1.47. The van der Waals surface area contributed by atoms with Gasteiger partial charge in [0, 0.05) is 82.0 Å². The van der Waals surface area contributed by atoms with Gasteiger partial charge in [-0.25, -0.2) is 27.8 Å². The zero-order chi connectivity index (χ0) is 74.1. The quantitative estimate of drug-likeness (QED) is 0.0190. The molecule has 2 aromatic heterocycles. The Bertz CT molecular complexity index is 4430. The predicted octanol–water partition coefficient (Wildman–Crippen LogP) is 6.70. The van der Waals surface area contributed by atoms with Gasteiger partial charge in [0.2, 0.25) is 17.7 Å². The number of ether oxygens (including phenoxy) is 8. The molecule has 12 rings (SSSR count). The Morgan fingerprint density at radius 1 is 0.721 bits per heavy atom. The van der Waals surface area contributed by atoms with Crippen molar-refractivity contribution in [3.8, 4) is 22.9 Å². The van der Waals surface area contributed by atoms with Gasteiger partial charge >= 0.3 is 11.9 Å². The fourth-order valence-electron chi connectivity index (χ4n) is 12.5. The first-order valence-electron chi connectivity index (χ1n) is 33.3. The molecule has 104 heavy (non-hydrogen) atoms. The van der Waals surface area contributed by atoms with Crippen molar-refractivity contribution in [1.82, 2.24) is 30.0 Å². The van der Waals surface area contributed by atoms with Crippen molar-refractivity contribution in [3.05, 3.63) is 144 Å². The van der Waals surface area contributed by atoms with E-state index in [1.54, 1.807) is 72.2 Å². The molecule has 33 heteroatoms. The van der Waals surface area contributed by atoms with Crippen LogP contribution in [0.25, 0.3) is 22.3 Å². The van der Waals surface area contributed by atoms with Crippen LogP contribution in [0.4, 0.5) is 33.3 Å². The summed E-state index contributed by atoms with van der Waals surface area (Å²) in [6, 6.07) is 15.2. The molecule has 1 unspecified atom stereocenters. The van der Waals surface area contributed by atoms with Gasteiger partial charge in [-0.05, 0) is 80.8 Å². The maximum Gasteiger partial charge on any atom is 0.343 e. The van der Waals surface area contributed by atoms with E-state index in [-0.39, 0.29) is 107 Å². The summed E-state index contributed by atoms with van der Waals surface area (Å²) in [6.07, 6.45) is -0.173. The molecule has 0 bridgehead atoms. The van der Waals surface area contributed by atoms with Gasteiger partial charge in [-0.15, -0.1) is 0 Å². The molecule has 8 heterocycles. The first kappa shape index (κ1) is 74.4. The van der Waals surface area contributed by atoms with E-state index in [9.17, 15) is 48.3 Å². The Balaban J connectivity index is 0.594. The lowest BCUT2D eigenvalue weighted by molar-refractivity contribution is -0.172. The van der Waals surface area contributed by atoms with Crippen LogP contribution in [0.3, 0.4) is 0 Å². The summed E-state index contributed by atoms with van der Waals surface area (Å²) in [5.74, 6) is -14.9. The highest BCUT2D eigenvalue weighted by molar-refractivity contribution is 8.08. The van der Waals surface area contributed by atoms with Gasteiger partial charge in [0.05, 0.1) is 109 Å². The number of hydrogen-bond acceptors (Lipinski definition) is 21. The summed E-state index contributed by atoms with van der Waals surface area (Å²) >= 11 is 1.88. The summed E-state index contributed by atoms with van der Waals surface area (Å²) in [5, 5.41) is 18.4. The number of alkyl halides is 2. The van der Waals surface area contributed by atoms with Gasteiger partial charge in [0.1, 0.15) is 37.1 Å². The minimum Gasteiger partial charge on any atom is -0.485 e. The van der Waals surface area contributed by atoms with Crippen LogP contribution in [0, 0.1) is 23.4 Å². The molecule has 4 aromatic carbocycles. The van der Waals surface area contributed by atoms with Gasteiger partial charge < -0.3 is 73.3 Å². The number of hydrogen-bond donors (Lipinski definition) is 4. The van der Waals surface area contributed by atoms with E-state index in [4.69, 9.17) is 37.9 Å². The average molecular weight is 1480 g/mol. The second-order valence-corrected chi connectivity index (χ2v) is 27.7. The van der Waals surface area contributed by atoms with Crippen LogP contribution >= 0.6 is 23.5 Å². The number of carbonyl (C=O) groups is 8. The van der Waals surface area contributed by atoms with E-state index in [2.05, 4.69) is 20.9 Å². The lowest BCUT2D eigenvalue weighted by atomic mass is 9.86. The number of cyclic esters (lactones) is 1. The molecule has 4 N–H and O–H groups in total. The predicted molar refractivity (Wildman–Crippen MR) is 363 cm³/mol. The Morgan fingerprint density at radius 2 is 1.27 bits per heavy atom. The van der Waals surface area contributed by atoms with Crippen molar-refractivity contribution < 1.29 is 103 Å². The van der Waals surface area contributed by atoms with Crippen molar-refractivity contribution in [3.63, 3.8) is 0 Å². The third-order valence-electron chi connectivity index (χ3n) is 18.6. The highest BCUT2D eigenvalue weighted by Crippen LogP contribution is 2.52. The second-order valence-electron chi connectivity index (χ2n) is 25.5. The van der Waals surface area contributed by atoms with Crippen LogP contribution in [0.2, 0.25) is 0 Å². The smallest absolute Gasteiger partial charge is 0.343 e. The Kier molecular flexibility index (Phi) is 22.0. The van der Waals surface area contributed by atoms with Gasteiger partial charge in [-0.2, -0.15) is 8.78 Å². The summed E-state index contributed by atoms with van der Waals surface area (Å²) in [4.78, 5) is 132. The van der Waals surface area contributed by atoms with Crippen LogP contribution in [0.15, 0.2) is 97.2 Å². The zero-order valence-electron chi connectivity index (χ0n) is 56.8. The third-order valence-corrected chi connectivity index (χ3v) is 20.9. The van der Waals surface area contributed by atoms with Crippen LogP contribution in [0.5, 0.6) is 11.5 Å². The van der Waals surface area contributed by atoms with Crippen LogP contribution in [-0.2, 0) is 81.9 Å². The molecule has 6 aromatic rings. The molecule has 6 aliphatic rings. The number of morpholine rings is 2. The van der Waals surface area contributed by atoms with Gasteiger partial charge in [-0.3, -0.25) is 38.4 Å². The molecule has 6 aliphatic heterocycles. The first-order chi connectivity index (χ1) is 49.7. The standard InChI is InChI=1S/C71H71F5N8O18S2/c1-6-70(94)46-31-51-55-44(33-83(51)64(89)45(46)34-101-68(70)93)54-53-50(78-55)32-47(72)56(58(53)102-36-71(54,75)76)79-61(86)38(4)77-67(92)69(5,37(2)3)80-52(85)35-99-26-25-97-23-24-98-27-28-100-57-48(73)29-41(30-49(57)74)84-65(90)59(103-42-11-7-39(8-12-42)62(87)81-15-19-95-20-16-81)60(66(84)91)104-43-13-9-40(10-14-43)63(88)82-17-21-96-22-18-82/h7-14,29-32,37-38,94H,6,15-28,33-36H2,1-5H3,(H,77,92)(H,79,86)(H,80,85)/t38-,69?,70-/m0/s1. The molecule has 0 spiro atoms. The number of pyridine rings is 2. The Morgan fingerprint density at radius 3 is 1.82 bits per heavy atom. The summed E-state index contributed by atoms with van der Waals surface area (Å²) in [6.45, 7) is 7.50. The number of rotatable bonds is 26. The molecular weight excluding hydrogens is 1410 g/mol. The maximum atomic E-state index is 16.2. The van der Waals surface area contributed by atoms with Crippen LogP contribution in [-0.4, -0.2) is 189 Å². The largest absolute Gasteiger partial charge is 0.485 e. The Labute approximate surface area is 599 Å². The van der Waals surface area contributed by atoms with E-state index >= 15 is 22.0 Å². The number of amides is 7. The number of anilines is 2. The molecule has 3 atom stereocenters. The second kappa shape index (κ2) is 30.8. The number of halogens is 5. The number of nitrogens with one attached hydrogen (secondary N) is 3. The number of nitrogens with zero attached hydrogens (tertiary/aromatic N) is 5. The number of aliphatic hydroxyl groups is 1. The van der Waals surface area contributed by atoms with E-state index in [1.165, 1.54) is 26.8 Å². The van der Waals surface area contributed by atoms with Crippen molar-refractivity contribution in [2.75, 3.05) is 116 Å². The number of esters is 1. The third kappa shape index (κ3) is 14.8. The van der Waals surface area contributed by atoms with E-state index in [0.717, 1.165) is 46.3 Å². The molecule has 550 valence electrons. The first-order valence-corrected chi connectivity index (χ1v) is 34.9. The van der Waals surface area contributed by atoms with Gasteiger partial charge in [0.15, 0.2) is 41.2 Å². The lowest BCUT2D eigenvalue weighted by Crippen LogP contribution is -2.62. The molecule has 2 saturated heterocycles. The number of benzene rings is 4. The van der Waals surface area contributed by atoms with Crippen molar-refractivity contribution in [2.45, 2.75) is 87.1 Å². The van der Waals surface area contributed by atoms with Crippen LogP contribution < -0.4 is 35.9 Å². The van der Waals surface area contributed by atoms with Gasteiger partial charge in [0.25, 0.3) is 29.2 Å². The maximum absolute atomic E-state index is 16.2. The zero-order valence-corrected chi connectivity index (χ0v) is 58.5. The summed E-state index contributed by atoms with van der Waals surface area (Å²) in [7, 11) is 0. The highest BCUT2D eigenvalue weighted by Gasteiger charge is 2.50. The molecule has 2 fully saturated rings. The van der Waals surface area contributed by atoms with Crippen molar-refractivity contribution in [2.24, 2.45) is 5.92 Å². The molecule has 0 saturated carbocycles. The number of fused-ring (bicyclic) bond motifs is 5. The van der Waals surface area contributed by atoms with Crippen LogP contribution in [0.1, 0.15) is 84.0 Å². The van der Waals surface area contributed by atoms with Crippen molar-refractivity contribution in [1.29, 1.82) is 0 Å². The molecule has 26 nitrogen and oxygen atoms in total. The molecular formula is C71H71F5N8O18S2. The monoisotopic (exact) mass is 1480 g/mol. The lowest BCUT2D eigenvalue weighted by Gasteiger charge is -2.34. The number of carbonyl (C=O) groups excluding carboxylic acids is 8. The fourth-order valence-corrected chi connectivity index (χ4v) is 14.5. The molecule has 0 aliphatic carbocycles. The summed E-state index contributed by atoms with van der Waals surface area (Å²) < 4.78 is 124. The minimum absolute atomic E-state index is 0.00361. The normalized spacial score (nSPS) is 18.3. The number of thioether (sulfide) groups is 2. The topological polar surface area (TPSA) is 311 Å². The fraction of sp³-hybridized carbons (Fsp3) is 0.408.